The highest BCUT2D eigenvalue weighted by atomic mass is 32.2. The van der Waals surface area contributed by atoms with Gasteiger partial charge in [0.25, 0.3) is 0 Å². The first-order valence-corrected chi connectivity index (χ1v) is 16.7. The minimum Gasteiger partial charge on any atom is -0.388 e. The zero-order valence-electron chi connectivity index (χ0n) is 24.9. The fraction of sp³-hybridized carbons (Fsp3) is 0.343. The van der Waals surface area contributed by atoms with Gasteiger partial charge in [0, 0.05) is 24.5 Å². The van der Waals surface area contributed by atoms with Crippen LogP contribution in [0.4, 0.5) is 11.5 Å². The van der Waals surface area contributed by atoms with E-state index in [4.69, 9.17) is 0 Å². The molecule has 2 fully saturated rings. The molecule has 3 unspecified atom stereocenters. The molecule has 2 heterocycles. The van der Waals surface area contributed by atoms with Gasteiger partial charge in [-0.1, -0.05) is 74.5 Å². The lowest BCUT2D eigenvalue weighted by Crippen LogP contribution is -2.43. The topological polar surface area (TPSA) is 121 Å². The number of anilines is 2. The summed E-state index contributed by atoms with van der Waals surface area (Å²) in [5.41, 5.74) is 1.03. The molecule has 4 aromatic rings. The fourth-order valence-electron chi connectivity index (χ4n) is 7.41. The van der Waals surface area contributed by atoms with E-state index in [0.29, 0.717) is 41.2 Å². The van der Waals surface area contributed by atoms with E-state index >= 15 is 0 Å². The molecule has 8 nitrogen and oxygen atoms in total. The van der Waals surface area contributed by atoms with Crippen molar-refractivity contribution in [1.82, 2.24) is 9.97 Å². The Balaban J connectivity index is 1.43. The minimum atomic E-state index is -3.95. The lowest BCUT2D eigenvalue weighted by atomic mass is 9.70. The Morgan fingerprint density at radius 1 is 0.909 bits per heavy atom. The maximum Gasteiger partial charge on any atom is 0.233 e. The van der Waals surface area contributed by atoms with Crippen LogP contribution in [0, 0.1) is 16.7 Å². The number of benzene rings is 2. The SMILES string of the molecule is CC1(C)[C@@H]2CC[C@]1(CS(=O)(=O)Nc1ccccc1C(Nc1ccccn1)C(c1ccccn1)C(O)c1ccccc1)C(=O)C2. The molecule has 0 radical (unpaired) electrons. The number of ketones is 1. The molecule has 5 atom stereocenters. The standard InChI is InChI=1S/C35H38N4O4S/c1-34(2)25-18-19-35(34,29(40)22-25)23-44(42,43)39-27-15-7-6-14-26(27)32(38-30-17-9-11-21-37-30)31(28-16-8-10-20-36-28)33(41)24-12-4-3-5-13-24/h3-17,20-21,25,31-33,39,41H,18-19,22-23H2,1-2H3,(H,37,38)/t25-,31?,32?,33?,35+/m1/s1. The first-order chi connectivity index (χ1) is 21.1. The Bertz CT molecular complexity index is 1720. The van der Waals surface area contributed by atoms with Crippen molar-refractivity contribution in [2.75, 3.05) is 15.8 Å². The molecular formula is C35H38N4O4S. The summed E-state index contributed by atoms with van der Waals surface area (Å²) >= 11 is 0. The highest BCUT2D eigenvalue weighted by Crippen LogP contribution is 2.64. The molecule has 0 saturated heterocycles. The number of aliphatic hydroxyl groups excluding tert-OH is 1. The summed E-state index contributed by atoms with van der Waals surface area (Å²) in [6.45, 7) is 4.07. The molecule has 6 rings (SSSR count). The highest BCUT2D eigenvalue weighted by Gasteiger charge is 2.65. The number of aromatic nitrogens is 2. The molecule has 2 aromatic carbocycles. The number of hydrogen-bond donors (Lipinski definition) is 3. The zero-order chi connectivity index (χ0) is 31.0. The van der Waals surface area contributed by atoms with Crippen LogP contribution in [-0.2, 0) is 14.8 Å². The molecule has 2 aliphatic carbocycles. The maximum atomic E-state index is 13.9. The summed E-state index contributed by atoms with van der Waals surface area (Å²) in [4.78, 5) is 22.3. The van der Waals surface area contributed by atoms with Gasteiger partial charge in [-0.3, -0.25) is 14.5 Å². The van der Waals surface area contributed by atoms with Crippen LogP contribution in [0.1, 0.15) is 68.0 Å². The number of aliphatic hydroxyl groups is 1. The average molecular weight is 611 g/mol. The molecule has 3 N–H and O–H groups in total. The van der Waals surface area contributed by atoms with E-state index in [2.05, 4.69) is 20.0 Å². The predicted octanol–water partition coefficient (Wildman–Crippen LogP) is 6.28. The van der Waals surface area contributed by atoms with Crippen LogP contribution >= 0.6 is 0 Å². The lowest BCUT2D eigenvalue weighted by molar-refractivity contribution is -0.128. The molecule has 44 heavy (non-hydrogen) atoms. The quantitative estimate of drug-likeness (QED) is 0.183. The van der Waals surface area contributed by atoms with E-state index in [0.717, 1.165) is 6.42 Å². The summed E-state index contributed by atoms with van der Waals surface area (Å²) in [5, 5.41) is 15.4. The normalized spacial score (nSPS) is 22.7. The van der Waals surface area contributed by atoms with Crippen molar-refractivity contribution < 1.29 is 18.3 Å². The summed E-state index contributed by atoms with van der Waals surface area (Å²) < 4.78 is 30.7. The number of nitrogens with one attached hydrogen (secondary N) is 2. The van der Waals surface area contributed by atoms with Crippen LogP contribution in [0.3, 0.4) is 0 Å². The predicted molar refractivity (Wildman–Crippen MR) is 171 cm³/mol. The van der Waals surface area contributed by atoms with E-state index in [-0.39, 0.29) is 22.9 Å². The number of para-hydroxylation sites is 1. The van der Waals surface area contributed by atoms with Crippen LogP contribution in [-0.4, -0.2) is 35.0 Å². The first-order valence-electron chi connectivity index (χ1n) is 15.1. The molecular weight excluding hydrogens is 572 g/mol. The van der Waals surface area contributed by atoms with Gasteiger partial charge in [-0.15, -0.1) is 0 Å². The third-order valence-electron chi connectivity index (χ3n) is 9.97. The Morgan fingerprint density at radius 3 is 2.23 bits per heavy atom. The van der Waals surface area contributed by atoms with E-state index in [1.807, 2.05) is 92.7 Å². The third kappa shape index (κ3) is 5.50. The number of Topliss-reactive ketones (excluding diaryl/α,β-unsaturated/α-hetero) is 1. The number of carbonyl (C=O) groups excluding carboxylic acids is 1. The molecule has 0 amide bonds. The summed E-state index contributed by atoms with van der Waals surface area (Å²) in [5.74, 6) is -0.0802. The molecule has 2 saturated carbocycles. The van der Waals surface area contributed by atoms with Crippen LogP contribution in [0.2, 0.25) is 0 Å². The first kappa shape index (κ1) is 30.0. The fourth-order valence-corrected chi connectivity index (χ4v) is 9.33. The van der Waals surface area contributed by atoms with Gasteiger partial charge in [0.05, 0.1) is 34.9 Å². The van der Waals surface area contributed by atoms with Crippen molar-refractivity contribution in [3.8, 4) is 0 Å². The summed E-state index contributed by atoms with van der Waals surface area (Å²) in [7, 11) is -3.95. The lowest BCUT2D eigenvalue weighted by Gasteiger charge is -2.36. The summed E-state index contributed by atoms with van der Waals surface area (Å²) in [6.07, 6.45) is 4.25. The van der Waals surface area contributed by atoms with Crippen molar-refractivity contribution in [1.29, 1.82) is 0 Å². The largest absolute Gasteiger partial charge is 0.388 e. The molecule has 9 heteroatoms. The average Bonchev–Trinajstić information content (AvgIpc) is 3.36. The van der Waals surface area contributed by atoms with Gasteiger partial charge in [0.2, 0.25) is 10.0 Å². The monoisotopic (exact) mass is 610 g/mol. The van der Waals surface area contributed by atoms with Gasteiger partial charge < -0.3 is 10.4 Å². The van der Waals surface area contributed by atoms with Crippen molar-refractivity contribution in [2.45, 2.75) is 51.2 Å². The van der Waals surface area contributed by atoms with Gasteiger partial charge in [-0.05, 0) is 65.6 Å². The number of fused-ring (bicyclic) bond motifs is 2. The Labute approximate surface area is 259 Å². The Morgan fingerprint density at radius 2 is 1.59 bits per heavy atom. The van der Waals surface area contributed by atoms with Crippen molar-refractivity contribution in [3.63, 3.8) is 0 Å². The summed E-state index contributed by atoms with van der Waals surface area (Å²) in [6, 6.07) is 26.9. The van der Waals surface area contributed by atoms with Crippen LogP contribution in [0.5, 0.6) is 0 Å². The molecule has 0 aliphatic heterocycles. The van der Waals surface area contributed by atoms with Crippen molar-refractivity contribution in [2.24, 2.45) is 16.7 Å². The second kappa shape index (κ2) is 11.8. The minimum absolute atomic E-state index is 0.0494. The second-order valence-electron chi connectivity index (χ2n) is 12.6. The van der Waals surface area contributed by atoms with Crippen LogP contribution < -0.4 is 10.0 Å². The molecule has 0 spiro atoms. The molecule has 228 valence electrons. The van der Waals surface area contributed by atoms with Gasteiger partial charge in [-0.25, -0.2) is 13.4 Å². The number of pyridine rings is 2. The number of nitrogens with zero attached hydrogens (tertiary/aromatic N) is 2. The Hall–Kier alpha value is -4.08. The van der Waals surface area contributed by atoms with E-state index in [9.17, 15) is 18.3 Å². The van der Waals surface area contributed by atoms with Crippen LogP contribution in [0.25, 0.3) is 0 Å². The van der Waals surface area contributed by atoms with Gasteiger partial charge in [-0.2, -0.15) is 0 Å². The van der Waals surface area contributed by atoms with Crippen molar-refractivity contribution in [3.05, 3.63) is 120 Å². The maximum absolute atomic E-state index is 13.9. The molecule has 2 bridgehead atoms. The number of sulfonamides is 1. The highest BCUT2D eigenvalue weighted by molar-refractivity contribution is 7.92. The number of rotatable bonds is 11. The van der Waals surface area contributed by atoms with E-state index < -0.39 is 33.5 Å². The smallest absolute Gasteiger partial charge is 0.233 e. The Kier molecular flexibility index (Phi) is 8.02. The number of hydrogen-bond acceptors (Lipinski definition) is 7. The molecule has 2 aliphatic rings. The van der Waals surface area contributed by atoms with Crippen LogP contribution in [0.15, 0.2) is 103 Å². The van der Waals surface area contributed by atoms with Gasteiger partial charge in [0.15, 0.2) is 0 Å². The second-order valence-corrected chi connectivity index (χ2v) is 14.3. The molecule has 2 aromatic heterocycles. The number of carbonyl (C=O) groups is 1. The van der Waals surface area contributed by atoms with Crippen molar-refractivity contribution >= 4 is 27.3 Å². The van der Waals surface area contributed by atoms with Gasteiger partial charge >= 0.3 is 0 Å². The van der Waals surface area contributed by atoms with Gasteiger partial charge in [0.1, 0.15) is 11.6 Å². The van der Waals surface area contributed by atoms with E-state index in [1.54, 1.807) is 24.5 Å². The third-order valence-corrected chi connectivity index (χ3v) is 11.4. The zero-order valence-corrected chi connectivity index (χ0v) is 25.7. The van der Waals surface area contributed by atoms with E-state index in [1.165, 1.54) is 0 Å².